The van der Waals surface area contributed by atoms with Gasteiger partial charge in [0.05, 0.1) is 5.41 Å². The van der Waals surface area contributed by atoms with Crippen LogP contribution in [0.2, 0.25) is 0 Å². The van der Waals surface area contributed by atoms with Gasteiger partial charge in [0.2, 0.25) is 5.91 Å². The van der Waals surface area contributed by atoms with Crippen molar-refractivity contribution >= 4 is 46.4 Å². The quantitative estimate of drug-likeness (QED) is 0.623. The van der Waals surface area contributed by atoms with Crippen molar-refractivity contribution in [3.63, 3.8) is 0 Å². The normalized spacial score (nSPS) is 27.8. The Kier molecular flexibility index (Phi) is 4.34. The Morgan fingerprint density at radius 2 is 2.05 bits per heavy atom. The highest BCUT2D eigenvalue weighted by Crippen LogP contribution is 2.63. The lowest BCUT2D eigenvalue weighted by Crippen LogP contribution is -2.46. The van der Waals surface area contributed by atoms with E-state index >= 15 is 0 Å². The number of carbonyl (C=O) groups excluding carboxylic acids is 1. The molecule has 0 radical (unpaired) electrons. The van der Waals surface area contributed by atoms with Crippen LogP contribution >= 0.6 is 35.4 Å². The first-order valence-electron chi connectivity index (χ1n) is 6.78. The van der Waals surface area contributed by atoms with Gasteiger partial charge in [0.15, 0.2) is 5.11 Å². The molecular formula is C13H20Cl2N2OS. The molecule has 3 nitrogen and oxygen atoms in total. The maximum absolute atomic E-state index is 12.2. The summed E-state index contributed by atoms with van der Waals surface area (Å²) in [5.41, 5.74) is -0.711. The second-order valence-electron chi connectivity index (χ2n) is 5.86. The van der Waals surface area contributed by atoms with Crippen LogP contribution in [-0.4, -0.2) is 33.3 Å². The monoisotopic (exact) mass is 322 g/mol. The summed E-state index contributed by atoms with van der Waals surface area (Å²) < 4.78 is -0.946. The molecule has 0 aromatic rings. The molecule has 2 fully saturated rings. The molecule has 0 aliphatic heterocycles. The van der Waals surface area contributed by atoms with Crippen LogP contribution in [0.25, 0.3) is 0 Å². The van der Waals surface area contributed by atoms with Crippen molar-refractivity contribution in [2.24, 2.45) is 11.3 Å². The van der Waals surface area contributed by atoms with E-state index in [-0.39, 0.29) is 5.91 Å². The van der Waals surface area contributed by atoms with Crippen molar-refractivity contribution < 1.29 is 4.79 Å². The Morgan fingerprint density at radius 3 is 2.47 bits per heavy atom. The molecule has 1 N–H and O–H groups in total. The number of nitrogens with one attached hydrogen (secondary N) is 1. The highest BCUT2D eigenvalue weighted by Gasteiger charge is 2.68. The zero-order chi connectivity index (χ0) is 14.3. The minimum Gasteiger partial charge on any atom is -0.349 e. The fourth-order valence-electron chi connectivity index (χ4n) is 2.12. The molecule has 2 rings (SSSR count). The van der Waals surface area contributed by atoms with E-state index in [4.69, 9.17) is 35.4 Å². The van der Waals surface area contributed by atoms with Crippen molar-refractivity contribution in [3.05, 3.63) is 0 Å². The van der Waals surface area contributed by atoms with Gasteiger partial charge < -0.3 is 10.2 Å². The van der Waals surface area contributed by atoms with E-state index in [0.29, 0.717) is 11.5 Å². The molecule has 2 aliphatic rings. The summed E-state index contributed by atoms with van der Waals surface area (Å²) in [5.74, 6) is 0.567. The standard InChI is InChI=1S/C13H20Cl2N2OS/c1-3-6-17(7-9-4-5-9)11(19)16-10(18)12(2)8-13(12,14)15/h9H,3-8H2,1-2H3,(H,16,18,19)/t12-/m1/s1. The second-order valence-corrected chi connectivity index (χ2v) is 7.73. The summed E-state index contributed by atoms with van der Waals surface area (Å²) in [5, 5.41) is 3.32. The van der Waals surface area contributed by atoms with Gasteiger partial charge in [-0.3, -0.25) is 4.79 Å². The minimum atomic E-state index is -0.946. The van der Waals surface area contributed by atoms with E-state index in [1.54, 1.807) is 6.92 Å². The maximum Gasteiger partial charge on any atom is 0.235 e. The van der Waals surface area contributed by atoms with Crippen molar-refractivity contribution in [2.75, 3.05) is 13.1 Å². The third-order valence-electron chi connectivity index (χ3n) is 3.94. The summed E-state index contributed by atoms with van der Waals surface area (Å²) in [4.78, 5) is 14.3. The van der Waals surface area contributed by atoms with Crippen molar-refractivity contribution in [1.82, 2.24) is 10.2 Å². The predicted molar refractivity (Wildman–Crippen MR) is 82.5 cm³/mol. The average Bonchev–Trinajstić information content (AvgIpc) is 3.18. The molecule has 0 aromatic carbocycles. The molecule has 6 heteroatoms. The largest absolute Gasteiger partial charge is 0.349 e. The van der Waals surface area contributed by atoms with Gasteiger partial charge in [-0.1, -0.05) is 6.92 Å². The first-order valence-corrected chi connectivity index (χ1v) is 7.95. The van der Waals surface area contributed by atoms with Gasteiger partial charge in [0.1, 0.15) is 4.33 Å². The van der Waals surface area contributed by atoms with Crippen LogP contribution in [0.5, 0.6) is 0 Å². The first kappa shape index (κ1) is 15.3. The number of amides is 1. The number of halogens is 2. The van der Waals surface area contributed by atoms with Crippen molar-refractivity contribution in [1.29, 1.82) is 0 Å². The second kappa shape index (κ2) is 5.38. The van der Waals surface area contributed by atoms with E-state index in [9.17, 15) is 4.79 Å². The summed E-state index contributed by atoms with van der Waals surface area (Å²) in [6, 6.07) is 0. The minimum absolute atomic E-state index is 0.167. The third kappa shape index (κ3) is 3.34. The Morgan fingerprint density at radius 1 is 1.47 bits per heavy atom. The van der Waals surface area contributed by atoms with Gasteiger partial charge in [0, 0.05) is 13.1 Å². The van der Waals surface area contributed by atoms with E-state index in [2.05, 4.69) is 17.1 Å². The van der Waals surface area contributed by atoms with Crippen LogP contribution in [0, 0.1) is 11.3 Å². The van der Waals surface area contributed by atoms with Crippen LogP contribution in [-0.2, 0) is 4.79 Å². The zero-order valence-corrected chi connectivity index (χ0v) is 13.7. The van der Waals surface area contributed by atoms with Gasteiger partial charge in [-0.15, -0.1) is 23.2 Å². The summed E-state index contributed by atoms with van der Waals surface area (Å²) in [7, 11) is 0. The lowest BCUT2D eigenvalue weighted by molar-refractivity contribution is -0.124. The average molecular weight is 323 g/mol. The Balaban J connectivity index is 1.89. The predicted octanol–water partition coefficient (Wildman–Crippen LogP) is 3.09. The highest BCUT2D eigenvalue weighted by atomic mass is 35.5. The number of hydrogen-bond acceptors (Lipinski definition) is 2. The number of alkyl halides is 2. The topological polar surface area (TPSA) is 32.3 Å². The smallest absolute Gasteiger partial charge is 0.235 e. The SMILES string of the molecule is CCCN(CC1CC1)C(=S)NC(=O)[C@@]1(C)CC1(Cl)Cl. The highest BCUT2D eigenvalue weighted by molar-refractivity contribution is 7.80. The van der Waals surface area contributed by atoms with Crippen LogP contribution in [0.4, 0.5) is 0 Å². The van der Waals surface area contributed by atoms with Crippen LogP contribution in [0.3, 0.4) is 0 Å². The molecule has 19 heavy (non-hydrogen) atoms. The van der Waals surface area contributed by atoms with Crippen LogP contribution in [0.1, 0.15) is 39.5 Å². The fraction of sp³-hybridized carbons (Fsp3) is 0.846. The lowest BCUT2D eigenvalue weighted by Gasteiger charge is -2.26. The maximum atomic E-state index is 12.2. The summed E-state index contributed by atoms with van der Waals surface area (Å²) >= 11 is 17.4. The Hall–Kier alpha value is -0.0600. The Bertz CT molecular complexity index is 398. The molecule has 0 bridgehead atoms. The van der Waals surface area contributed by atoms with Crippen LogP contribution in [0.15, 0.2) is 0 Å². The van der Waals surface area contributed by atoms with Crippen molar-refractivity contribution in [3.8, 4) is 0 Å². The number of nitrogens with zero attached hydrogens (tertiary/aromatic N) is 1. The first-order chi connectivity index (χ1) is 8.80. The molecule has 0 saturated heterocycles. The van der Waals surface area contributed by atoms with E-state index < -0.39 is 9.75 Å². The fourth-order valence-corrected chi connectivity index (χ4v) is 3.08. The number of carbonyl (C=O) groups is 1. The molecule has 1 amide bonds. The summed E-state index contributed by atoms with van der Waals surface area (Å²) in [6.45, 7) is 5.70. The number of rotatable bonds is 5. The van der Waals surface area contributed by atoms with E-state index in [1.807, 2.05) is 0 Å². The van der Waals surface area contributed by atoms with Crippen molar-refractivity contribution in [2.45, 2.75) is 43.9 Å². The van der Waals surface area contributed by atoms with Crippen LogP contribution < -0.4 is 5.32 Å². The molecular weight excluding hydrogens is 303 g/mol. The zero-order valence-electron chi connectivity index (χ0n) is 11.3. The molecule has 1 atom stereocenters. The molecule has 0 aromatic heterocycles. The molecule has 0 heterocycles. The van der Waals surface area contributed by atoms with Gasteiger partial charge in [-0.25, -0.2) is 0 Å². The van der Waals surface area contributed by atoms with Gasteiger partial charge >= 0.3 is 0 Å². The molecule has 2 aliphatic carbocycles. The van der Waals surface area contributed by atoms with E-state index in [0.717, 1.165) is 25.4 Å². The lowest BCUT2D eigenvalue weighted by atomic mass is 10.1. The summed E-state index contributed by atoms with van der Waals surface area (Å²) in [6.07, 6.45) is 4.02. The van der Waals surface area contributed by atoms with E-state index in [1.165, 1.54) is 12.8 Å². The molecule has 2 saturated carbocycles. The van der Waals surface area contributed by atoms with Gasteiger partial charge in [-0.2, -0.15) is 0 Å². The molecule has 0 spiro atoms. The molecule has 0 unspecified atom stereocenters. The van der Waals surface area contributed by atoms with Gasteiger partial charge in [-0.05, 0) is 50.7 Å². The molecule has 108 valence electrons. The Labute approximate surface area is 130 Å². The third-order valence-corrected chi connectivity index (χ3v) is 5.40. The number of thiocarbonyl (C=S) groups is 1. The number of hydrogen-bond donors (Lipinski definition) is 1. The van der Waals surface area contributed by atoms with Gasteiger partial charge in [0.25, 0.3) is 0 Å².